The summed E-state index contributed by atoms with van der Waals surface area (Å²) in [5.74, 6) is 1.50. The summed E-state index contributed by atoms with van der Waals surface area (Å²) < 4.78 is 6.09. The molecule has 5 nitrogen and oxygen atoms in total. The number of rotatable bonds is 3. The molecule has 88 valence electrons. The molecule has 0 aromatic carbocycles. The van der Waals surface area contributed by atoms with Crippen LogP contribution in [0, 0.1) is 5.92 Å². The van der Waals surface area contributed by atoms with Crippen molar-refractivity contribution in [2.75, 3.05) is 0 Å². The molecule has 0 saturated heterocycles. The Kier molecular flexibility index (Phi) is 2.68. The second-order valence-electron chi connectivity index (χ2n) is 4.18. The normalized spacial score (nSPS) is 17.1. The van der Waals surface area contributed by atoms with Crippen LogP contribution in [0.4, 0.5) is 0 Å². The highest BCUT2D eigenvalue weighted by atomic mass is 79.9. The molecule has 0 spiro atoms. The lowest BCUT2D eigenvalue weighted by Crippen LogP contribution is -2.12. The van der Waals surface area contributed by atoms with E-state index in [1.54, 1.807) is 6.20 Å². The van der Waals surface area contributed by atoms with Crippen LogP contribution in [0.15, 0.2) is 27.3 Å². The first-order valence-corrected chi connectivity index (χ1v) is 6.24. The Hall–Kier alpha value is -1.27. The van der Waals surface area contributed by atoms with Gasteiger partial charge in [0.25, 0.3) is 0 Å². The monoisotopic (exact) mass is 294 g/mol. The number of nitrogens with zero attached hydrogens (tertiary/aromatic N) is 3. The number of aromatic nitrogens is 3. The average molecular weight is 295 g/mol. The van der Waals surface area contributed by atoms with Crippen LogP contribution >= 0.6 is 15.9 Å². The molecule has 1 unspecified atom stereocenters. The second kappa shape index (κ2) is 4.19. The van der Waals surface area contributed by atoms with Crippen molar-refractivity contribution in [2.45, 2.75) is 18.9 Å². The largest absolute Gasteiger partial charge is 0.337 e. The molecule has 0 amide bonds. The summed E-state index contributed by atoms with van der Waals surface area (Å²) in [5.41, 5.74) is 6.68. The number of pyridine rings is 1. The fourth-order valence-electron chi connectivity index (χ4n) is 1.64. The van der Waals surface area contributed by atoms with Gasteiger partial charge in [0.15, 0.2) is 0 Å². The van der Waals surface area contributed by atoms with E-state index in [9.17, 15) is 0 Å². The summed E-state index contributed by atoms with van der Waals surface area (Å²) in [7, 11) is 0. The van der Waals surface area contributed by atoms with Crippen molar-refractivity contribution >= 4 is 15.9 Å². The Balaban J connectivity index is 1.86. The first-order chi connectivity index (χ1) is 8.24. The Morgan fingerprint density at radius 3 is 2.88 bits per heavy atom. The van der Waals surface area contributed by atoms with E-state index in [0.717, 1.165) is 17.3 Å². The first kappa shape index (κ1) is 10.9. The Bertz CT molecular complexity index is 521. The van der Waals surface area contributed by atoms with Crippen LogP contribution in [-0.4, -0.2) is 15.1 Å². The smallest absolute Gasteiger partial charge is 0.244 e. The highest BCUT2D eigenvalue weighted by Gasteiger charge is 2.33. The van der Waals surface area contributed by atoms with Crippen LogP contribution in [0.25, 0.3) is 11.5 Å². The molecule has 2 N–H and O–H groups in total. The standard InChI is InChI=1S/C11H11BrN4O/c12-7-3-4-8(14-5-7)10-15-11(17-16-10)9(13)6-1-2-6/h3-6,9H,1-2,13H2. The third kappa shape index (κ3) is 2.23. The molecule has 6 heteroatoms. The molecule has 17 heavy (non-hydrogen) atoms. The topological polar surface area (TPSA) is 77.8 Å². The molecule has 0 aliphatic heterocycles. The average Bonchev–Trinajstić information content (AvgIpc) is 3.07. The van der Waals surface area contributed by atoms with E-state index in [4.69, 9.17) is 10.3 Å². The van der Waals surface area contributed by atoms with Gasteiger partial charge in [-0.1, -0.05) is 5.16 Å². The van der Waals surface area contributed by atoms with Gasteiger partial charge >= 0.3 is 0 Å². The predicted octanol–water partition coefficient (Wildman–Crippen LogP) is 2.30. The molecule has 2 aromatic heterocycles. The van der Waals surface area contributed by atoms with Crippen molar-refractivity contribution in [3.63, 3.8) is 0 Å². The molecular formula is C11H11BrN4O. The fraction of sp³-hybridized carbons (Fsp3) is 0.364. The quantitative estimate of drug-likeness (QED) is 0.940. The van der Waals surface area contributed by atoms with Gasteiger partial charge in [-0.15, -0.1) is 0 Å². The van der Waals surface area contributed by atoms with Gasteiger partial charge in [-0.2, -0.15) is 4.98 Å². The van der Waals surface area contributed by atoms with Gasteiger partial charge < -0.3 is 10.3 Å². The van der Waals surface area contributed by atoms with E-state index in [1.165, 1.54) is 0 Å². The van der Waals surface area contributed by atoms with Gasteiger partial charge in [-0.05, 0) is 46.8 Å². The van der Waals surface area contributed by atoms with Crippen molar-refractivity contribution in [3.05, 3.63) is 28.7 Å². The van der Waals surface area contributed by atoms with Crippen LogP contribution in [-0.2, 0) is 0 Å². The lowest BCUT2D eigenvalue weighted by molar-refractivity contribution is 0.343. The maximum Gasteiger partial charge on any atom is 0.244 e. The zero-order valence-corrected chi connectivity index (χ0v) is 10.6. The zero-order chi connectivity index (χ0) is 11.8. The van der Waals surface area contributed by atoms with Crippen LogP contribution in [0.1, 0.15) is 24.8 Å². The van der Waals surface area contributed by atoms with Crippen molar-refractivity contribution in [3.8, 4) is 11.5 Å². The molecule has 1 atom stereocenters. The molecule has 1 aliphatic rings. The lowest BCUT2D eigenvalue weighted by atomic mass is 10.2. The Morgan fingerprint density at radius 1 is 1.41 bits per heavy atom. The van der Waals surface area contributed by atoms with E-state index in [2.05, 4.69) is 31.1 Å². The minimum atomic E-state index is -0.133. The maximum atomic E-state index is 5.99. The molecular weight excluding hydrogens is 284 g/mol. The van der Waals surface area contributed by atoms with Crippen LogP contribution in [0.2, 0.25) is 0 Å². The first-order valence-electron chi connectivity index (χ1n) is 5.45. The van der Waals surface area contributed by atoms with Crippen LogP contribution < -0.4 is 5.73 Å². The molecule has 3 rings (SSSR count). The number of hydrogen-bond donors (Lipinski definition) is 1. The number of hydrogen-bond acceptors (Lipinski definition) is 5. The van der Waals surface area contributed by atoms with Crippen molar-refractivity contribution in [1.29, 1.82) is 0 Å². The molecule has 2 aromatic rings. The minimum absolute atomic E-state index is 0.133. The lowest BCUT2D eigenvalue weighted by Gasteiger charge is -2.01. The van der Waals surface area contributed by atoms with Crippen LogP contribution in [0.3, 0.4) is 0 Å². The molecule has 0 radical (unpaired) electrons. The summed E-state index contributed by atoms with van der Waals surface area (Å²) in [6.45, 7) is 0. The third-order valence-corrected chi connectivity index (χ3v) is 3.28. The molecule has 1 saturated carbocycles. The highest BCUT2D eigenvalue weighted by Crippen LogP contribution is 2.39. The summed E-state index contributed by atoms with van der Waals surface area (Å²) >= 11 is 3.33. The van der Waals surface area contributed by atoms with Gasteiger partial charge in [-0.25, -0.2) is 0 Å². The molecule has 2 heterocycles. The summed E-state index contributed by atoms with van der Waals surface area (Å²) in [5, 5.41) is 3.90. The summed E-state index contributed by atoms with van der Waals surface area (Å²) in [6, 6.07) is 3.59. The van der Waals surface area contributed by atoms with Gasteiger partial charge in [0.05, 0.1) is 6.04 Å². The number of nitrogens with two attached hydrogens (primary N) is 1. The summed E-state index contributed by atoms with van der Waals surface area (Å²) in [4.78, 5) is 8.50. The SMILES string of the molecule is NC(c1nc(-c2ccc(Br)cn2)no1)C1CC1. The van der Waals surface area contributed by atoms with Crippen molar-refractivity contribution in [1.82, 2.24) is 15.1 Å². The van der Waals surface area contributed by atoms with Gasteiger partial charge in [0.1, 0.15) is 5.69 Å². The molecule has 1 fully saturated rings. The predicted molar refractivity (Wildman–Crippen MR) is 64.9 cm³/mol. The van der Waals surface area contributed by atoms with Crippen molar-refractivity contribution in [2.24, 2.45) is 11.7 Å². The molecule has 1 aliphatic carbocycles. The van der Waals surface area contributed by atoms with E-state index < -0.39 is 0 Å². The highest BCUT2D eigenvalue weighted by molar-refractivity contribution is 9.10. The van der Waals surface area contributed by atoms with Gasteiger partial charge in [0.2, 0.25) is 11.7 Å². The van der Waals surface area contributed by atoms with E-state index in [-0.39, 0.29) is 6.04 Å². The van der Waals surface area contributed by atoms with Crippen LogP contribution in [0.5, 0.6) is 0 Å². The van der Waals surface area contributed by atoms with E-state index >= 15 is 0 Å². The minimum Gasteiger partial charge on any atom is -0.337 e. The zero-order valence-electron chi connectivity index (χ0n) is 9.01. The third-order valence-electron chi connectivity index (χ3n) is 2.81. The summed E-state index contributed by atoms with van der Waals surface area (Å²) in [6.07, 6.45) is 4.00. The van der Waals surface area contributed by atoms with Crippen molar-refractivity contribution < 1.29 is 4.52 Å². The second-order valence-corrected chi connectivity index (χ2v) is 5.10. The fourth-order valence-corrected chi connectivity index (χ4v) is 1.87. The molecule has 0 bridgehead atoms. The Labute approximate surface area is 107 Å². The maximum absolute atomic E-state index is 5.99. The Morgan fingerprint density at radius 2 is 2.24 bits per heavy atom. The van der Waals surface area contributed by atoms with Gasteiger partial charge in [0, 0.05) is 10.7 Å². The number of halogens is 1. The van der Waals surface area contributed by atoms with E-state index in [1.807, 2.05) is 12.1 Å². The van der Waals surface area contributed by atoms with Gasteiger partial charge in [-0.3, -0.25) is 4.98 Å². The van der Waals surface area contributed by atoms with E-state index in [0.29, 0.717) is 23.3 Å².